The fourth-order valence-electron chi connectivity index (χ4n) is 2.17. The van der Waals surface area contributed by atoms with Gasteiger partial charge in [0.2, 0.25) is 0 Å². The van der Waals surface area contributed by atoms with Crippen LogP contribution in [0.4, 0.5) is 0 Å². The summed E-state index contributed by atoms with van der Waals surface area (Å²) in [7, 11) is 0. The molecule has 2 aromatic heterocycles. The SMILES string of the molecule is CCc1occc1C(O)c1cc2ccccc2o1. The van der Waals surface area contributed by atoms with Crippen molar-refractivity contribution in [2.75, 3.05) is 0 Å². The average molecular weight is 242 g/mol. The highest BCUT2D eigenvalue weighted by molar-refractivity contribution is 5.77. The lowest BCUT2D eigenvalue weighted by Gasteiger charge is -2.06. The van der Waals surface area contributed by atoms with Crippen molar-refractivity contribution in [2.24, 2.45) is 0 Å². The summed E-state index contributed by atoms with van der Waals surface area (Å²) in [5, 5.41) is 11.3. The first kappa shape index (κ1) is 11.1. The van der Waals surface area contributed by atoms with E-state index in [2.05, 4.69) is 0 Å². The molecule has 0 bridgehead atoms. The molecule has 1 atom stereocenters. The second-order valence-corrected chi connectivity index (χ2v) is 4.24. The van der Waals surface area contributed by atoms with Crippen molar-refractivity contribution in [2.45, 2.75) is 19.4 Å². The summed E-state index contributed by atoms with van der Waals surface area (Å²) in [6, 6.07) is 11.4. The van der Waals surface area contributed by atoms with Crippen LogP contribution in [0.5, 0.6) is 0 Å². The molecule has 0 radical (unpaired) electrons. The summed E-state index contributed by atoms with van der Waals surface area (Å²) in [5.74, 6) is 1.34. The van der Waals surface area contributed by atoms with Crippen molar-refractivity contribution in [1.82, 2.24) is 0 Å². The molecule has 3 nitrogen and oxygen atoms in total. The molecule has 0 fully saturated rings. The van der Waals surface area contributed by atoms with Crippen LogP contribution in [0.25, 0.3) is 11.0 Å². The van der Waals surface area contributed by atoms with Crippen LogP contribution >= 0.6 is 0 Å². The van der Waals surface area contributed by atoms with Gasteiger partial charge in [-0.2, -0.15) is 0 Å². The molecule has 18 heavy (non-hydrogen) atoms. The van der Waals surface area contributed by atoms with Gasteiger partial charge in [0.25, 0.3) is 0 Å². The van der Waals surface area contributed by atoms with Gasteiger partial charge in [0.15, 0.2) is 0 Å². The van der Waals surface area contributed by atoms with Crippen molar-refractivity contribution in [3.8, 4) is 0 Å². The highest BCUT2D eigenvalue weighted by Gasteiger charge is 2.19. The second-order valence-electron chi connectivity index (χ2n) is 4.24. The van der Waals surface area contributed by atoms with E-state index < -0.39 is 6.10 Å². The Morgan fingerprint density at radius 1 is 1.22 bits per heavy atom. The quantitative estimate of drug-likeness (QED) is 0.762. The Balaban J connectivity index is 2.03. The van der Waals surface area contributed by atoms with Gasteiger partial charge in [-0.15, -0.1) is 0 Å². The number of aliphatic hydroxyl groups excluding tert-OH is 1. The van der Waals surface area contributed by atoms with E-state index in [1.165, 1.54) is 0 Å². The number of aryl methyl sites for hydroxylation is 1. The van der Waals surface area contributed by atoms with E-state index in [1.54, 1.807) is 12.3 Å². The van der Waals surface area contributed by atoms with Crippen LogP contribution in [0.1, 0.15) is 30.1 Å². The molecule has 92 valence electrons. The van der Waals surface area contributed by atoms with Gasteiger partial charge in [-0.1, -0.05) is 25.1 Å². The van der Waals surface area contributed by atoms with Gasteiger partial charge in [0.1, 0.15) is 23.2 Å². The maximum Gasteiger partial charge on any atom is 0.140 e. The van der Waals surface area contributed by atoms with E-state index >= 15 is 0 Å². The van der Waals surface area contributed by atoms with Crippen LogP contribution in [-0.4, -0.2) is 5.11 Å². The lowest BCUT2D eigenvalue weighted by Crippen LogP contribution is -1.99. The van der Waals surface area contributed by atoms with Crippen molar-refractivity contribution >= 4 is 11.0 Å². The highest BCUT2D eigenvalue weighted by atomic mass is 16.4. The van der Waals surface area contributed by atoms with Gasteiger partial charge in [-0.25, -0.2) is 0 Å². The second kappa shape index (κ2) is 4.35. The van der Waals surface area contributed by atoms with Crippen LogP contribution in [0.3, 0.4) is 0 Å². The predicted molar refractivity (Wildman–Crippen MR) is 68.4 cm³/mol. The van der Waals surface area contributed by atoms with E-state index in [9.17, 15) is 5.11 Å². The van der Waals surface area contributed by atoms with Crippen LogP contribution in [-0.2, 0) is 6.42 Å². The topological polar surface area (TPSA) is 46.5 Å². The van der Waals surface area contributed by atoms with E-state index in [0.717, 1.165) is 28.7 Å². The molecule has 0 aliphatic heterocycles. The van der Waals surface area contributed by atoms with Crippen LogP contribution in [0, 0.1) is 0 Å². The lowest BCUT2D eigenvalue weighted by molar-refractivity contribution is 0.190. The zero-order chi connectivity index (χ0) is 12.5. The predicted octanol–water partition coefficient (Wildman–Crippen LogP) is 3.67. The molecule has 1 aromatic carbocycles. The van der Waals surface area contributed by atoms with Gasteiger partial charge in [0, 0.05) is 17.4 Å². The summed E-state index contributed by atoms with van der Waals surface area (Å²) in [6.07, 6.45) is 1.57. The zero-order valence-electron chi connectivity index (χ0n) is 10.1. The molecule has 0 spiro atoms. The van der Waals surface area contributed by atoms with Gasteiger partial charge in [-0.05, 0) is 18.2 Å². The van der Waals surface area contributed by atoms with Gasteiger partial charge < -0.3 is 13.9 Å². The van der Waals surface area contributed by atoms with E-state index in [0.29, 0.717) is 5.76 Å². The number of fused-ring (bicyclic) bond motifs is 1. The number of aliphatic hydroxyl groups is 1. The molecular formula is C15H14O3. The Bertz CT molecular complexity index is 630. The minimum absolute atomic E-state index is 0.548. The van der Waals surface area contributed by atoms with Crippen molar-refractivity contribution in [1.29, 1.82) is 0 Å². The summed E-state index contributed by atoms with van der Waals surface area (Å²) in [5.41, 5.74) is 1.56. The first-order valence-corrected chi connectivity index (χ1v) is 6.02. The number of hydrogen-bond donors (Lipinski definition) is 1. The van der Waals surface area contributed by atoms with Crippen LogP contribution < -0.4 is 0 Å². The van der Waals surface area contributed by atoms with Crippen molar-refractivity contribution < 1.29 is 13.9 Å². The van der Waals surface area contributed by atoms with Crippen molar-refractivity contribution in [3.63, 3.8) is 0 Å². The van der Waals surface area contributed by atoms with Gasteiger partial charge in [0.05, 0.1) is 6.26 Å². The molecule has 3 heteroatoms. The third-order valence-corrected chi connectivity index (χ3v) is 3.11. The van der Waals surface area contributed by atoms with Crippen LogP contribution in [0.2, 0.25) is 0 Å². The summed E-state index contributed by atoms with van der Waals surface area (Å²) in [6.45, 7) is 1.99. The summed E-state index contributed by atoms with van der Waals surface area (Å²) < 4.78 is 11.0. The largest absolute Gasteiger partial charge is 0.469 e. The van der Waals surface area contributed by atoms with E-state index in [-0.39, 0.29) is 0 Å². The Morgan fingerprint density at radius 2 is 2.06 bits per heavy atom. The monoisotopic (exact) mass is 242 g/mol. The Labute approximate surface area is 105 Å². The third kappa shape index (κ3) is 1.73. The number of benzene rings is 1. The van der Waals surface area contributed by atoms with Gasteiger partial charge >= 0.3 is 0 Å². The molecule has 0 aliphatic rings. The average Bonchev–Trinajstić information content (AvgIpc) is 3.03. The zero-order valence-corrected chi connectivity index (χ0v) is 10.1. The lowest BCUT2D eigenvalue weighted by atomic mass is 10.1. The molecule has 0 aliphatic carbocycles. The highest BCUT2D eigenvalue weighted by Crippen LogP contribution is 2.30. The molecule has 0 saturated heterocycles. The van der Waals surface area contributed by atoms with Crippen molar-refractivity contribution in [3.05, 3.63) is 59.7 Å². The number of furan rings is 2. The molecule has 0 amide bonds. The summed E-state index contributed by atoms with van der Waals surface area (Å²) in [4.78, 5) is 0. The number of rotatable bonds is 3. The molecule has 1 N–H and O–H groups in total. The van der Waals surface area contributed by atoms with E-state index in [1.807, 2.05) is 37.3 Å². The normalized spacial score (nSPS) is 13.0. The fraction of sp³-hybridized carbons (Fsp3) is 0.200. The summed E-state index contributed by atoms with van der Waals surface area (Å²) >= 11 is 0. The molecule has 0 saturated carbocycles. The van der Waals surface area contributed by atoms with Crippen LogP contribution in [0.15, 0.2) is 51.5 Å². The molecule has 1 unspecified atom stereocenters. The first-order valence-electron chi connectivity index (χ1n) is 6.02. The standard InChI is InChI=1S/C15H14O3/c1-2-12-11(7-8-17-12)15(16)14-9-10-5-3-4-6-13(10)18-14/h3-9,15-16H,2H2,1H3. The number of para-hydroxylation sites is 1. The third-order valence-electron chi connectivity index (χ3n) is 3.11. The Morgan fingerprint density at radius 3 is 2.83 bits per heavy atom. The molecule has 2 heterocycles. The molecule has 3 rings (SSSR count). The molecule has 3 aromatic rings. The fourth-order valence-corrected chi connectivity index (χ4v) is 2.17. The minimum atomic E-state index is -0.772. The maximum atomic E-state index is 10.3. The Hall–Kier alpha value is -2.00. The Kier molecular flexibility index (Phi) is 2.68. The minimum Gasteiger partial charge on any atom is -0.469 e. The van der Waals surface area contributed by atoms with Gasteiger partial charge in [-0.3, -0.25) is 0 Å². The maximum absolute atomic E-state index is 10.3. The van der Waals surface area contributed by atoms with E-state index in [4.69, 9.17) is 8.83 Å². The smallest absolute Gasteiger partial charge is 0.140 e. The molecular weight excluding hydrogens is 228 g/mol. The first-order chi connectivity index (χ1) is 8.79. The number of hydrogen-bond acceptors (Lipinski definition) is 3.